The van der Waals surface area contributed by atoms with Crippen LogP contribution in [0.15, 0.2) is 48.5 Å². The van der Waals surface area contributed by atoms with Crippen LogP contribution >= 0.6 is 0 Å². The smallest absolute Gasteiger partial charge is 0.262 e. The Bertz CT molecular complexity index is 653. The van der Waals surface area contributed by atoms with Crippen LogP contribution in [-0.2, 0) is 0 Å². The Kier molecular flexibility index (Phi) is 3.79. The number of amides is 1. The average molecular weight is 270 g/mol. The molecule has 0 bridgehead atoms. The van der Waals surface area contributed by atoms with Gasteiger partial charge in [0.25, 0.3) is 0 Å². The second kappa shape index (κ2) is 5.52. The molecule has 0 aliphatic carbocycles. The van der Waals surface area contributed by atoms with Crippen LogP contribution in [0.1, 0.15) is 21.5 Å². The zero-order valence-electron chi connectivity index (χ0n) is 11.2. The SMILES string of the molecule is Cc1ccc(N(C(=O)c2ccccc2)[N+](=O)[O-])c(C)c1. The number of rotatable bonds is 3. The predicted octanol–water partition coefficient (Wildman–Crippen LogP) is 3.14. The van der Waals surface area contributed by atoms with Crippen LogP contribution in [0.25, 0.3) is 0 Å². The first-order chi connectivity index (χ1) is 9.50. The van der Waals surface area contributed by atoms with Crippen molar-refractivity contribution in [2.75, 3.05) is 5.01 Å². The fourth-order valence-electron chi connectivity index (χ4n) is 2.02. The van der Waals surface area contributed by atoms with Crippen molar-refractivity contribution in [2.24, 2.45) is 0 Å². The summed E-state index contributed by atoms with van der Waals surface area (Å²) in [5, 5.41) is 11.2. The van der Waals surface area contributed by atoms with Gasteiger partial charge in [0.15, 0.2) is 5.03 Å². The van der Waals surface area contributed by atoms with Crippen LogP contribution in [0.5, 0.6) is 0 Å². The first kappa shape index (κ1) is 13.7. The van der Waals surface area contributed by atoms with Gasteiger partial charge in [-0.25, -0.2) is 10.1 Å². The van der Waals surface area contributed by atoms with Crippen molar-refractivity contribution in [3.8, 4) is 0 Å². The molecular formula is C15H14N2O3. The lowest BCUT2D eigenvalue weighted by Gasteiger charge is -2.15. The standard InChI is InChI=1S/C15H14N2O3/c1-11-8-9-14(12(2)10-11)16(17(19)20)15(18)13-6-4-3-5-7-13/h3-10H,1-2H3. The number of carbonyl (C=O) groups excluding carboxylic acids is 1. The van der Waals surface area contributed by atoms with E-state index < -0.39 is 10.9 Å². The van der Waals surface area contributed by atoms with E-state index in [0.717, 1.165) is 5.56 Å². The average Bonchev–Trinajstić information content (AvgIpc) is 2.42. The minimum absolute atomic E-state index is 0.282. The van der Waals surface area contributed by atoms with Crippen molar-refractivity contribution in [1.29, 1.82) is 0 Å². The molecule has 0 spiro atoms. The second-order valence-electron chi connectivity index (χ2n) is 4.51. The molecule has 0 heterocycles. The molecule has 0 saturated carbocycles. The lowest BCUT2D eigenvalue weighted by Crippen LogP contribution is -2.36. The molecule has 2 rings (SSSR count). The minimum atomic E-state index is -0.688. The van der Waals surface area contributed by atoms with Crippen LogP contribution in [0.2, 0.25) is 0 Å². The molecule has 0 radical (unpaired) electrons. The molecule has 0 unspecified atom stereocenters. The fourth-order valence-corrected chi connectivity index (χ4v) is 2.02. The van der Waals surface area contributed by atoms with Crippen LogP contribution < -0.4 is 5.01 Å². The van der Waals surface area contributed by atoms with Gasteiger partial charge in [0.05, 0.1) is 0 Å². The molecule has 2 aromatic rings. The number of anilines is 1. The molecule has 0 fully saturated rings. The third-order valence-corrected chi connectivity index (χ3v) is 2.96. The molecule has 0 aliphatic heterocycles. The van der Waals surface area contributed by atoms with Crippen LogP contribution in [0.4, 0.5) is 5.69 Å². The van der Waals surface area contributed by atoms with Gasteiger partial charge in [-0.2, -0.15) is 0 Å². The minimum Gasteiger partial charge on any atom is -0.262 e. The molecule has 0 saturated heterocycles. The molecule has 5 nitrogen and oxygen atoms in total. The van der Waals surface area contributed by atoms with Gasteiger partial charge >= 0.3 is 5.91 Å². The summed E-state index contributed by atoms with van der Waals surface area (Å²) in [5.74, 6) is -0.650. The summed E-state index contributed by atoms with van der Waals surface area (Å²) in [7, 11) is 0. The molecule has 0 aromatic heterocycles. The Morgan fingerprint density at radius 1 is 1.10 bits per heavy atom. The second-order valence-corrected chi connectivity index (χ2v) is 4.51. The number of carbonyl (C=O) groups is 1. The summed E-state index contributed by atoms with van der Waals surface area (Å²) < 4.78 is 0. The van der Waals surface area contributed by atoms with E-state index in [1.807, 2.05) is 13.0 Å². The third-order valence-electron chi connectivity index (χ3n) is 2.96. The van der Waals surface area contributed by atoms with Gasteiger partial charge in [-0.1, -0.05) is 35.9 Å². The number of aryl methyl sites for hydroxylation is 2. The van der Waals surface area contributed by atoms with Gasteiger partial charge in [0, 0.05) is 5.56 Å². The van der Waals surface area contributed by atoms with Crippen molar-refractivity contribution in [2.45, 2.75) is 13.8 Å². The van der Waals surface area contributed by atoms with Crippen LogP contribution in [0.3, 0.4) is 0 Å². The predicted molar refractivity (Wildman–Crippen MR) is 76.2 cm³/mol. The highest BCUT2D eigenvalue weighted by atomic mass is 16.7. The van der Waals surface area contributed by atoms with E-state index in [-0.39, 0.29) is 11.3 Å². The number of nitro groups is 1. The zero-order valence-corrected chi connectivity index (χ0v) is 11.2. The fraction of sp³-hybridized carbons (Fsp3) is 0.133. The van der Waals surface area contributed by atoms with Crippen molar-refractivity contribution < 1.29 is 9.83 Å². The first-order valence-electron chi connectivity index (χ1n) is 6.12. The van der Waals surface area contributed by atoms with E-state index in [4.69, 9.17) is 0 Å². The van der Waals surface area contributed by atoms with Crippen LogP contribution in [0, 0.1) is 24.0 Å². The largest absolute Gasteiger partial charge is 0.319 e. The van der Waals surface area contributed by atoms with E-state index >= 15 is 0 Å². The number of hydrazine groups is 1. The van der Waals surface area contributed by atoms with Crippen molar-refractivity contribution >= 4 is 11.6 Å². The highest BCUT2D eigenvalue weighted by Gasteiger charge is 2.29. The van der Waals surface area contributed by atoms with E-state index in [0.29, 0.717) is 10.6 Å². The molecule has 102 valence electrons. The normalized spacial score (nSPS) is 10.1. The summed E-state index contributed by atoms with van der Waals surface area (Å²) in [6.07, 6.45) is 0. The van der Waals surface area contributed by atoms with Gasteiger partial charge in [-0.05, 0) is 42.6 Å². The summed E-state index contributed by atoms with van der Waals surface area (Å²) in [6.45, 7) is 3.64. The number of benzene rings is 2. The molecule has 2 aromatic carbocycles. The molecule has 20 heavy (non-hydrogen) atoms. The molecule has 0 atom stereocenters. The van der Waals surface area contributed by atoms with Gasteiger partial charge < -0.3 is 0 Å². The zero-order chi connectivity index (χ0) is 14.7. The summed E-state index contributed by atoms with van der Waals surface area (Å²) >= 11 is 0. The number of hydrogen-bond donors (Lipinski definition) is 0. The topological polar surface area (TPSA) is 63.5 Å². The number of nitrogens with zero attached hydrogens (tertiary/aromatic N) is 2. The van der Waals surface area contributed by atoms with Crippen molar-refractivity contribution in [3.63, 3.8) is 0 Å². The highest BCUT2D eigenvalue weighted by Crippen LogP contribution is 2.23. The summed E-state index contributed by atoms with van der Waals surface area (Å²) in [6, 6.07) is 13.4. The van der Waals surface area contributed by atoms with E-state index in [2.05, 4.69) is 0 Å². The lowest BCUT2D eigenvalue weighted by molar-refractivity contribution is -0.481. The Morgan fingerprint density at radius 2 is 1.75 bits per heavy atom. The third kappa shape index (κ3) is 2.66. The van der Waals surface area contributed by atoms with Gasteiger partial charge in [0.2, 0.25) is 0 Å². The van der Waals surface area contributed by atoms with Crippen molar-refractivity contribution in [3.05, 3.63) is 75.3 Å². The maximum atomic E-state index is 12.3. The first-order valence-corrected chi connectivity index (χ1v) is 6.12. The van der Waals surface area contributed by atoms with E-state index in [1.54, 1.807) is 49.4 Å². The number of hydrogen-bond acceptors (Lipinski definition) is 3. The van der Waals surface area contributed by atoms with Gasteiger partial charge in [-0.3, -0.25) is 4.79 Å². The maximum absolute atomic E-state index is 12.3. The Morgan fingerprint density at radius 3 is 2.30 bits per heavy atom. The molecule has 5 heteroatoms. The molecule has 0 N–H and O–H groups in total. The summed E-state index contributed by atoms with van der Waals surface area (Å²) in [5.41, 5.74) is 2.24. The maximum Gasteiger partial charge on any atom is 0.319 e. The highest BCUT2D eigenvalue weighted by molar-refractivity contribution is 6.04. The summed E-state index contributed by atoms with van der Waals surface area (Å²) in [4.78, 5) is 23.6. The van der Waals surface area contributed by atoms with E-state index in [1.165, 1.54) is 0 Å². The van der Waals surface area contributed by atoms with Gasteiger partial charge in [-0.15, -0.1) is 0 Å². The van der Waals surface area contributed by atoms with Crippen molar-refractivity contribution in [1.82, 2.24) is 0 Å². The van der Waals surface area contributed by atoms with Crippen LogP contribution in [-0.4, -0.2) is 10.9 Å². The molecular weight excluding hydrogens is 256 g/mol. The molecule has 1 amide bonds. The monoisotopic (exact) mass is 270 g/mol. The van der Waals surface area contributed by atoms with Gasteiger partial charge in [0.1, 0.15) is 5.69 Å². The Hall–Kier alpha value is -2.69. The Balaban J connectivity index is 2.47. The lowest BCUT2D eigenvalue weighted by atomic mass is 10.1. The molecule has 0 aliphatic rings. The quantitative estimate of drug-likeness (QED) is 0.635. The Labute approximate surface area is 116 Å². The van der Waals surface area contributed by atoms with E-state index in [9.17, 15) is 14.9 Å².